The Hall–Kier alpha value is -1.61. The van der Waals surface area contributed by atoms with E-state index in [1.807, 2.05) is 12.4 Å². The van der Waals surface area contributed by atoms with E-state index in [0.717, 1.165) is 12.8 Å². The third kappa shape index (κ3) is 2.27. The lowest BCUT2D eigenvalue weighted by Gasteiger charge is -2.35. The average molecular weight is 269 g/mol. The van der Waals surface area contributed by atoms with Gasteiger partial charge in [-0.2, -0.15) is 0 Å². The quantitative estimate of drug-likeness (QED) is 0.907. The van der Waals surface area contributed by atoms with Crippen molar-refractivity contribution in [2.24, 2.45) is 11.1 Å². The van der Waals surface area contributed by atoms with E-state index in [0.29, 0.717) is 6.04 Å². The maximum absolute atomic E-state index is 6.35. The predicted molar refractivity (Wildman–Crippen MR) is 81.5 cm³/mol. The van der Waals surface area contributed by atoms with Gasteiger partial charge in [-0.25, -0.2) is 0 Å². The summed E-state index contributed by atoms with van der Waals surface area (Å²) in [4.78, 5) is 4.10. The van der Waals surface area contributed by atoms with Gasteiger partial charge in [0.2, 0.25) is 0 Å². The molecule has 3 rings (SSSR count). The topological polar surface area (TPSA) is 43.8 Å². The van der Waals surface area contributed by atoms with E-state index >= 15 is 0 Å². The van der Waals surface area contributed by atoms with Gasteiger partial charge in [0.1, 0.15) is 0 Å². The lowest BCUT2D eigenvalue weighted by molar-refractivity contribution is 0.274. The molecule has 0 radical (unpaired) electrons. The van der Waals surface area contributed by atoms with E-state index < -0.39 is 0 Å². The molecule has 0 fully saturated rings. The maximum atomic E-state index is 6.35. The molecule has 2 N–H and O–H groups in total. The number of pyridine rings is 1. The number of aromatic nitrogens is 2. The van der Waals surface area contributed by atoms with E-state index in [9.17, 15) is 0 Å². The van der Waals surface area contributed by atoms with Crippen molar-refractivity contribution < 1.29 is 0 Å². The molecule has 1 aliphatic rings. The molecule has 2 atom stereocenters. The minimum atomic E-state index is 0.166. The van der Waals surface area contributed by atoms with Crippen molar-refractivity contribution in [3.63, 3.8) is 0 Å². The van der Waals surface area contributed by atoms with Crippen LogP contribution in [0.2, 0.25) is 0 Å². The molecule has 20 heavy (non-hydrogen) atoms. The van der Waals surface area contributed by atoms with Gasteiger partial charge >= 0.3 is 0 Å². The minimum Gasteiger partial charge on any atom is -0.344 e. The molecular weight excluding hydrogens is 246 g/mol. The lowest BCUT2D eigenvalue weighted by atomic mass is 9.74. The monoisotopic (exact) mass is 269 g/mol. The number of hydrogen-bond acceptors (Lipinski definition) is 2. The first-order valence-electron chi connectivity index (χ1n) is 7.33. The van der Waals surface area contributed by atoms with Crippen LogP contribution in [-0.2, 0) is 6.42 Å². The van der Waals surface area contributed by atoms with Gasteiger partial charge in [0.05, 0.1) is 6.04 Å². The van der Waals surface area contributed by atoms with Crippen LogP contribution >= 0.6 is 0 Å². The molecule has 0 amide bonds. The van der Waals surface area contributed by atoms with Gasteiger partial charge in [-0.3, -0.25) is 4.98 Å². The fraction of sp³-hybridized carbons (Fsp3) is 0.471. The standard InChI is InChI=1S/C17H23N3/c1-12(13-4-7-19-8-5-13)20-9-6-14-15(18)10-17(2,3)11-16(14)20/h4-9,12,15H,10-11,18H2,1-3H3. The third-order valence-corrected chi connectivity index (χ3v) is 4.48. The Morgan fingerprint density at radius 1 is 1.30 bits per heavy atom. The first kappa shape index (κ1) is 13.4. The second-order valence-electron chi connectivity index (χ2n) is 6.73. The molecule has 2 aromatic rings. The van der Waals surface area contributed by atoms with E-state index in [1.54, 1.807) is 0 Å². The summed E-state index contributed by atoms with van der Waals surface area (Å²) in [5, 5.41) is 0. The number of nitrogens with zero attached hydrogens (tertiary/aromatic N) is 2. The van der Waals surface area contributed by atoms with Crippen molar-refractivity contribution >= 4 is 0 Å². The Morgan fingerprint density at radius 3 is 2.70 bits per heavy atom. The van der Waals surface area contributed by atoms with E-state index in [-0.39, 0.29) is 11.5 Å². The molecule has 0 aromatic carbocycles. The van der Waals surface area contributed by atoms with Gasteiger partial charge in [0.15, 0.2) is 0 Å². The zero-order chi connectivity index (χ0) is 14.3. The van der Waals surface area contributed by atoms with Crippen molar-refractivity contribution in [2.45, 2.75) is 45.7 Å². The number of hydrogen-bond donors (Lipinski definition) is 1. The number of nitrogens with two attached hydrogens (primary N) is 1. The van der Waals surface area contributed by atoms with E-state index in [4.69, 9.17) is 5.73 Å². The van der Waals surface area contributed by atoms with Crippen molar-refractivity contribution in [3.8, 4) is 0 Å². The van der Waals surface area contributed by atoms with Crippen LogP contribution in [0.1, 0.15) is 56.1 Å². The molecular formula is C17H23N3. The van der Waals surface area contributed by atoms with Gasteiger partial charge in [0.25, 0.3) is 0 Å². The van der Waals surface area contributed by atoms with Crippen LogP contribution in [-0.4, -0.2) is 9.55 Å². The van der Waals surface area contributed by atoms with Crippen molar-refractivity contribution in [1.82, 2.24) is 9.55 Å². The summed E-state index contributed by atoms with van der Waals surface area (Å²) >= 11 is 0. The van der Waals surface area contributed by atoms with Gasteiger partial charge < -0.3 is 10.3 Å². The summed E-state index contributed by atoms with van der Waals surface area (Å²) in [5.74, 6) is 0. The average Bonchev–Trinajstić information content (AvgIpc) is 2.81. The SMILES string of the molecule is CC(c1ccncc1)n1ccc2c1CC(C)(C)CC2N. The first-order valence-corrected chi connectivity index (χ1v) is 7.33. The molecule has 3 heteroatoms. The molecule has 0 spiro atoms. The van der Waals surface area contributed by atoms with E-state index in [2.05, 4.69) is 54.7 Å². The molecule has 2 aromatic heterocycles. The highest BCUT2D eigenvalue weighted by molar-refractivity contribution is 5.32. The Balaban J connectivity index is 2.01. The molecule has 1 aliphatic carbocycles. The Morgan fingerprint density at radius 2 is 2.00 bits per heavy atom. The van der Waals surface area contributed by atoms with Crippen LogP contribution in [0, 0.1) is 5.41 Å². The van der Waals surface area contributed by atoms with Gasteiger partial charge in [-0.05, 0) is 54.5 Å². The van der Waals surface area contributed by atoms with Crippen molar-refractivity contribution in [3.05, 3.63) is 53.6 Å². The minimum absolute atomic E-state index is 0.166. The molecule has 0 saturated carbocycles. The second-order valence-corrected chi connectivity index (χ2v) is 6.73. The normalized spacial score (nSPS) is 22.3. The summed E-state index contributed by atoms with van der Waals surface area (Å²) < 4.78 is 2.38. The van der Waals surface area contributed by atoms with Crippen LogP contribution in [0.4, 0.5) is 0 Å². The summed E-state index contributed by atoms with van der Waals surface area (Å²) in [5.41, 5.74) is 10.6. The zero-order valence-electron chi connectivity index (χ0n) is 12.5. The van der Waals surface area contributed by atoms with Gasteiger partial charge in [0, 0.05) is 30.3 Å². The highest BCUT2D eigenvalue weighted by Gasteiger charge is 2.33. The Bertz CT molecular complexity index is 598. The molecule has 0 aliphatic heterocycles. The van der Waals surface area contributed by atoms with Crippen LogP contribution in [0.5, 0.6) is 0 Å². The van der Waals surface area contributed by atoms with Crippen LogP contribution in [0.15, 0.2) is 36.8 Å². The Kier molecular flexibility index (Phi) is 3.17. The zero-order valence-corrected chi connectivity index (χ0v) is 12.5. The first-order chi connectivity index (χ1) is 9.48. The second kappa shape index (κ2) is 4.74. The summed E-state index contributed by atoms with van der Waals surface area (Å²) in [6.07, 6.45) is 8.07. The van der Waals surface area contributed by atoms with Crippen molar-refractivity contribution in [1.29, 1.82) is 0 Å². The van der Waals surface area contributed by atoms with E-state index in [1.165, 1.54) is 16.8 Å². The predicted octanol–water partition coefficient (Wildman–Crippen LogP) is 3.46. The molecule has 0 saturated heterocycles. The van der Waals surface area contributed by atoms with Gasteiger partial charge in [-0.15, -0.1) is 0 Å². The molecule has 0 bridgehead atoms. The van der Waals surface area contributed by atoms with Crippen LogP contribution in [0.25, 0.3) is 0 Å². The fourth-order valence-corrected chi connectivity index (χ4v) is 3.42. The highest BCUT2D eigenvalue weighted by atomic mass is 15.0. The lowest BCUT2D eigenvalue weighted by Crippen LogP contribution is -2.31. The molecule has 2 heterocycles. The molecule has 2 unspecified atom stereocenters. The highest BCUT2D eigenvalue weighted by Crippen LogP contribution is 2.41. The van der Waals surface area contributed by atoms with Gasteiger partial charge in [-0.1, -0.05) is 13.8 Å². The van der Waals surface area contributed by atoms with Crippen molar-refractivity contribution in [2.75, 3.05) is 0 Å². The third-order valence-electron chi connectivity index (χ3n) is 4.48. The number of fused-ring (bicyclic) bond motifs is 1. The molecule has 3 nitrogen and oxygen atoms in total. The van der Waals surface area contributed by atoms with Crippen LogP contribution < -0.4 is 5.73 Å². The summed E-state index contributed by atoms with van der Waals surface area (Å²) in [6, 6.07) is 6.87. The largest absolute Gasteiger partial charge is 0.344 e. The Labute approximate surface area is 120 Å². The number of rotatable bonds is 2. The molecule has 106 valence electrons. The maximum Gasteiger partial charge on any atom is 0.0555 e. The van der Waals surface area contributed by atoms with Crippen LogP contribution in [0.3, 0.4) is 0 Å². The fourth-order valence-electron chi connectivity index (χ4n) is 3.42. The summed E-state index contributed by atoms with van der Waals surface area (Å²) in [6.45, 7) is 6.86. The smallest absolute Gasteiger partial charge is 0.0555 e. The summed E-state index contributed by atoms with van der Waals surface area (Å²) in [7, 11) is 0.